The maximum Gasteiger partial charge on any atom is 0.223 e. The van der Waals surface area contributed by atoms with Gasteiger partial charge < -0.3 is 10.6 Å². The number of rotatable bonds is 2. The van der Waals surface area contributed by atoms with Gasteiger partial charge in [-0.1, -0.05) is 0 Å². The molecule has 3 heteroatoms. The van der Waals surface area contributed by atoms with Crippen LogP contribution in [0.25, 0.3) is 0 Å². The first-order valence-electron chi connectivity index (χ1n) is 6.76. The normalized spacial score (nSPS) is 39.7. The average Bonchev–Trinajstić information content (AvgIpc) is 3.04. The number of likely N-dealkylation sites (tertiary alicyclic amines) is 1. The van der Waals surface area contributed by atoms with E-state index in [-0.39, 0.29) is 5.54 Å². The molecule has 0 unspecified atom stereocenters. The van der Waals surface area contributed by atoms with Crippen molar-refractivity contribution >= 4 is 5.91 Å². The fraction of sp³-hybridized carbons (Fsp3) is 0.923. The van der Waals surface area contributed by atoms with Crippen molar-refractivity contribution < 1.29 is 4.79 Å². The van der Waals surface area contributed by atoms with Crippen molar-refractivity contribution in [1.29, 1.82) is 0 Å². The molecule has 1 aliphatic heterocycles. The van der Waals surface area contributed by atoms with Crippen molar-refractivity contribution in [2.75, 3.05) is 6.54 Å². The van der Waals surface area contributed by atoms with Crippen LogP contribution in [0.2, 0.25) is 0 Å². The fourth-order valence-corrected chi connectivity index (χ4v) is 3.43. The molecule has 1 amide bonds. The summed E-state index contributed by atoms with van der Waals surface area (Å²) in [5.74, 6) is 1.22. The third kappa shape index (κ3) is 1.75. The molecule has 0 atom stereocenters. The van der Waals surface area contributed by atoms with Crippen LogP contribution in [0.4, 0.5) is 0 Å². The average molecular weight is 222 g/mol. The van der Waals surface area contributed by atoms with Gasteiger partial charge in [0.05, 0.1) is 0 Å². The number of carbonyl (C=O) groups excluding carboxylic acids is 1. The van der Waals surface area contributed by atoms with E-state index in [2.05, 4.69) is 4.90 Å². The Kier molecular flexibility index (Phi) is 2.46. The van der Waals surface area contributed by atoms with Gasteiger partial charge in [0.2, 0.25) is 5.91 Å². The van der Waals surface area contributed by atoms with E-state index in [9.17, 15) is 4.79 Å². The second kappa shape index (κ2) is 3.73. The highest BCUT2D eigenvalue weighted by atomic mass is 16.2. The van der Waals surface area contributed by atoms with E-state index >= 15 is 0 Å². The van der Waals surface area contributed by atoms with E-state index in [0.717, 1.165) is 51.0 Å². The van der Waals surface area contributed by atoms with Gasteiger partial charge in [-0.3, -0.25) is 4.79 Å². The third-order valence-corrected chi connectivity index (χ3v) is 4.78. The Balaban J connectivity index is 1.73. The minimum atomic E-state index is 0.218. The van der Waals surface area contributed by atoms with Gasteiger partial charge in [0.15, 0.2) is 0 Å². The summed E-state index contributed by atoms with van der Waals surface area (Å²) in [4.78, 5) is 14.2. The van der Waals surface area contributed by atoms with Crippen molar-refractivity contribution in [1.82, 2.24) is 4.90 Å². The zero-order valence-electron chi connectivity index (χ0n) is 9.95. The second-order valence-corrected chi connectivity index (χ2v) is 6.01. The number of carbonyl (C=O) groups is 1. The molecule has 2 saturated carbocycles. The molecular formula is C13H22N2O. The first-order valence-corrected chi connectivity index (χ1v) is 6.76. The Morgan fingerprint density at radius 2 is 1.88 bits per heavy atom. The number of nitrogens with two attached hydrogens (primary N) is 1. The van der Waals surface area contributed by atoms with Crippen molar-refractivity contribution in [2.24, 2.45) is 11.7 Å². The van der Waals surface area contributed by atoms with Crippen molar-refractivity contribution in [3.63, 3.8) is 0 Å². The van der Waals surface area contributed by atoms with Crippen LogP contribution in [0.1, 0.15) is 51.4 Å². The van der Waals surface area contributed by atoms with Gasteiger partial charge in [0.25, 0.3) is 0 Å². The zero-order valence-corrected chi connectivity index (χ0v) is 9.95. The van der Waals surface area contributed by atoms with Crippen molar-refractivity contribution in [3.05, 3.63) is 0 Å². The lowest BCUT2D eigenvalue weighted by Gasteiger charge is -2.43. The molecule has 16 heavy (non-hydrogen) atoms. The summed E-state index contributed by atoms with van der Waals surface area (Å²) in [5.41, 5.74) is 6.19. The van der Waals surface area contributed by atoms with Crippen LogP contribution in [0.3, 0.4) is 0 Å². The Hall–Kier alpha value is -0.570. The van der Waals surface area contributed by atoms with Gasteiger partial charge in [-0.2, -0.15) is 0 Å². The van der Waals surface area contributed by atoms with Gasteiger partial charge in [0.1, 0.15) is 0 Å². The smallest absolute Gasteiger partial charge is 0.223 e. The molecule has 3 nitrogen and oxygen atoms in total. The fourth-order valence-electron chi connectivity index (χ4n) is 3.43. The highest BCUT2D eigenvalue weighted by molar-refractivity contribution is 5.79. The molecule has 2 aliphatic carbocycles. The molecule has 1 spiro atoms. The van der Waals surface area contributed by atoms with E-state index in [0.29, 0.717) is 11.9 Å². The van der Waals surface area contributed by atoms with E-state index in [1.807, 2.05) is 0 Å². The predicted molar refractivity (Wildman–Crippen MR) is 62.8 cm³/mol. The van der Waals surface area contributed by atoms with E-state index in [1.165, 1.54) is 12.8 Å². The number of hydrogen-bond donors (Lipinski definition) is 1. The van der Waals surface area contributed by atoms with Crippen LogP contribution in [-0.4, -0.2) is 28.9 Å². The summed E-state index contributed by atoms with van der Waals surface area (Å²) in [6.07, 6.45) is 9.04. The SMILES string of the molecule is NC1CCC2(CCC(=O)N2CC2CC2)CC1. The predicted octanol–water partition coefficient (Wildman–Crippen LogP) is 1.66. The summed E-state index contributed by atoms with van der Waals surface area (Å²) < 4.78 is 0. The first-order chi connectivity index (χ1) is 7.70. The minimum absolute atomic E-state index is 0.218. The lowest BCUT2D eigenvalue weighted by molar-refractivity contribution is -0.132. The maximum atomic E-state index is 12.0. The molecule has 3 aliphatic rings. The second-order valence-electron chi connectivity index (χ2n) is 6.01. The molecule has 0 radical (unpaired) electrons. The standard InChI is InChI=1S/C13H22N2O/c14-11-3-6-13(7-4-11)8-5-12(16)15(13)9-10-1-2-10/h10-11H,1-9,14H2. The zero-order chi connectivity index (χ0) is 11.2. The molecule has 0 aromatic carbocycles. The highest BCUT2D eigenvalue weighted by Crippen LogP contribution is 2.44. The topological polar surface area (TPSA) is 46.3 Å². The largest absolute Gasteiger partial charge is 0.337 e. The summed E-state index contributed by atoms with van der Waals surface area (Å²) >= 11 is 0. The summed E-state index contributed by atoms with van der Waals surface area (Å²) in [7, 11) is 0. The molecule has 2 N–H and O–H groups in total. The van der Waals surface area contributed by atoms with E-state index < -0.39 is 0 Å². The highest BCUT2D eigenvalue weighted by Gasteiger charge is 2.47. The van der Waals surface area contributed by atoms with Crippen molar-refractivity contribution in [3.8, 4) is 0 Å². The number of nitrogens with zero attached hydrogens (tertiary/aromatic N) is 1. The van der Waals surface area contributed by atoms with Gasteiger partial charge in [-0.05, 0) is 50.9 Å². The summed E-state index contributed by atoms with van der Waals surface area (Å²) in [5, 5.41) is 0. The molecule has 1 saturated heterocycles. The van der Waals surface area contributed by atoms with E-state index in [1.54, 1.807) is 0 Å². The van der Waals surface area contributed by atoms with Crippen LogP contribution in [0.15, 0.2) is 0 Å². The lowest BCUT2D eigenvalue weighted by Crippen LogP contribution is -2.50. The Morgan fingerprint density at radius 1 is 1.19 bits per heavy atom. The molecule has 0 aromatic rings. The van der Waals surface area contributed by atoms with Gasteiger partial charge in [-0.25, -0.2) is 0 Å². The Bertz CT molecular complexity index is 290. The number of amides is 1. The summed E-state index contributed by atoms with van der Waals surface area (Å²) in [6.45, 7) is 1.04. The molecule has 3 fully saturated rings. The van der Waals surface area contributed by atoms with Gasteiger partial charge >= 0.3 is 0 Å². The Labute approximate surface area is 97.4 Å². The first kappa shape index (κ1) is 10.6. The lowest BCUT2D eigenvalue weighted by atomic mass is 9.78. The third-order valence-electron chi connectivity index (χ3n) is 4.78. The quantitative estimate of drug-likeness (QED) is 0.772. The maximum absolute atomic E-state index is 12.0. The van der Waals surface area contributed by atoms with Gasteiger partial charge in [0, 0.05) is 24.5 Å². The molecule has 90 valence electrons. The van der Waals surface area contributed by atoms with Crippen LogP contribution >= 0.6 is 0 Å². The van der Waals surface area contributed by atoms with Crippen LogP contribution in [0.5, 0.6) is 0 Å². The minimum Gasteiger partial charge on any atom is -0.337 e. The monoisotopic (exact) mass is 222 g/mol. The molecule has 0 bridgehead atoms. The van der Waals surface area contributed by atoms with Crippen molar-refractivity contribution in [2.45, 2.75) is 62.9 Å². The molecule has 0 aromatic heterocycles. The van der Waals surface area contributed by atoms with E-state index in [4.69, 9.17) is 5.73 Å². The van der Waals surface area contributed by atoms with Crippen LogP contribution in [-0.2, 0) is 4.79 Å². The number of hydrogen-bond acceptors (Lipinski definition) is 2. The molecule has 3 rings (SSSR count). The van der Waals surface area contributed by atoms with Gasteiger partial charge in [-0.15, -0.1) is 0 Å². The van der Waals surface area contributed by atoms with Crippen LogP contribution < -0.4 is 5.73 Å². The summed E-state index contributed by atoms with van der Waals surface area (Å²) in [6, 6.07) is 0.379. The van der Waals surface area contributed by atoms with Crippen LogP contribution in [0, 0.1) is 5.92 Å². The molecule has 1 heterocycles. The molecular weight excluding hydrogens is 200 g/mol. The Morgan fingerprint density at radius 3 is 2.50 bits per heavy atom.